The van der Waals surface area contributed by atoms with E-state index in [0.717, 1.165) is 56.1 Å². The molecule has 0 spiro atoms. The summed E-state index contributed by atoms with van der Waals surface area (Å²) >= 11 is 0. The van der Waals surface area contributed by atoms with Crippen LogP contribution in [0.3, 0.4) is 0 Å². The number of ether oxygens (including phenoxy) is 1. The van der Waals surface area contributed by atoms with E-state index in [1.54, 1.807) is 12.1 Å². The molecular formula is C24H32N2O5. The molecule has 0 radical (unpaired) electrons. The van der Waals surface area contributed by atoms with Crippen LogP contribution < -0.4 is 5.73 Å². The maximum absolute atomic E-state index is 12.9. The zero-order chi connectivity index (χ0) is 22.6. The Morgan fingerprint density at radius 3 is 2.58 bits per heavy atom. The third kappa shape index (κ3) is 7.11. The Balaban J connectivity index is 1.98. The van der Waals surface area contributed by atoms with E-state index >= 15 is 0 Å². The zero-order valence-corrected chi connectivity index (χ0v) is 18.2. The number of hydrogen-bond donors (Lipinski definition) is 2. The number of unbranched alkanes of at least 4 members (excludes halogenated alkanes) is 6. The Hall–Kier alpha value is -2.85. The Kier molecular flexibility index (Phi) is 10.0. The molecule has 0 aliphatic carbocycles. The molecule has 2 amide bonds. The van der Waals surface area contributed by atoms with Gasteiger partial charge in [-0.3, -0.25) is 14.4 Å². The molecule has 2 rings (SSSR count). The molecule has 1 heterocycles. The van der Waals surface area contributed by atoms with Crippen LogP contribution in [0.5, 0.6) is 0 Å². The highest BCUT2D eigenvalue weighted by atomic mass is 16.5. The van der Waals surface area contributed by atoms with Crippen molar-refractivity contribution < 1.29 is 24.2 Å². The van der Waals surface area contributed by atoms with E-state index in [4.69, 9.17) is 10.8 Å². The second kappa shape index (κ2) is 12.8. The van der Waals surface area contributed by atoms with Gasteiger partial charge in [0.05, 0.1) is 7.11 Å². The fourth-order valence-electron chi connectivity index (χ4n) is 3.72. The summed E-state index contributed by atoms with van der Waals surface area (Å²) in [6, 6.07) is 4.53. The molecule has 3 N–H and O–H groups in total. The number of methoxy groups -OCH3 is 1. The molecule has 0 fully saturated rings. The molecule has 1 aliphatic heterocycles. The molecule has 0 aromatic heterocycles. The summed E-state index contributed by atoms with van der Waals surface area (Å²) in [6.07, 6.45) is 7.26. The first-order valence-electron chi connectivity index (χ1n) is 10.9. The lowest BCUT2D eigenvalue weighted by Crippen LogP contribution is -2.45. The molecule has 0 saturated heterocycles. The van der Waals surface area contributed by atoms with Gasteiger partial charge < -0.3 is 20.5 Å². The molecule has 0 unspecified atom stereocenters. The number of carbonyl (C=O) groups excluding carboxylic acids is 3. The molecule has 0 saturated carbocycles. The van der Waals surface area contributed by atoms with E-state index in [9.17, 15) is 14.4 Å². The van der Waals surface area contributed by atoms with E-state index in [1.165, 1.54) is 12.0 Å². The van der Waals surface area contributed by atoms with Gasteiger partial charge in [0.1, 0.15) is 6.04 Å². The van der Waals surface area contributed by atoms with Crippen LogP contribution in [-0.2, 0) is 20.9 Å². The SMILES string of the molecule is COC(=O)CC[C@@H](C(N)=O)N1Cc2c(C#CCCCCCCCCO)cccc2C1=O. The van der Waals surface area contributed by atoms with Crippen molar-refractivity contribution in [1.29, 1.82) is 0 Å². The van der Waals surface area contributed by atoms with Gasteiger partial charge in [-0.25, -0.2) is 0 Å². The van der Waals surface area contributed by atoms with Gasteiger partial charge >= 0.3 is 5.97 Å². The van der Waals surface area contributed by atoms with Gasteiger partial charge in [0, 0.05) is 37.1 Å². The first kappa shape index (κ1) is 24.4. The van der Waals surface area contributed by atoms with E-state index in [-0.39, 0.29) is 31.9 Å². The van der Waals surface area contributed by atoms with Gasteiger partial charge in [-0.1, -0.05) is 43.6 Å². The molecule has 0 bridgehead atoms. The highest BCUT2D eigenvalue weighted by molar-refractivity contribution is 6.01. The van der Waals surface area contributed by atoms with E-state index in [0.29, 0.717) is 5.56 Å². The first-order chi connectivity index (χ1) is 15.0. The largest absolute Gasteiger partial charge is 0.469 e. The lowest BCUT2D eigenvalue weighted by Gasteiger charge is -2.24. The fraction of sp³-hybridized carbons (Fsp3) is 0.542. The first-order valence-corrected chi connectivity index (χ1v) is 10.9. The highest BCUT2D eigenvalue weighted by Crippen LogP contribution is 2.28. The van der Waals surface area contributed by atoms with Gasteiger partial charge in [-0.2, -0.15) is 0 Å². The van der Waals surface area contributed by atoms with Gasteiger partial charge in [0.15, 0.2) is 0 Å². The standard InChI is InChI=1S/C24H32N2O5/c1-31-22(28)15-14-21(23(25)29)26-17-20-18(12-10-13-19(20)24(26)30)11-8-6-4-2-3-5-7-9-16-27/h10,12-13,21,27H,2-7,9,14-17H2,1H3,(H2,25,29)/t21-/m0/s1. The Morgan fingerprint density at radius 1 is 1.19 bits per heavy atom. The molecule has 1 atom stereocenters. The quantitative estimate of drug-likeness (QED) is 0.302. The summed E-state index contributed by atoms with van der Waals surface area (Å²) in [7, 11) is 1.28. The highest BCUT2D eigenvalue weighted by Gasteiger charge is 2.36. The van der Waals surface area contributed by atoms with Gasteiger partial charge in [0.2, 0.25) is 5.91 Å². The summed E-state index contributed by atoms with van der Waals surface area (Å²) in [4.78, 5) is 37.7. The van der Waals surface area contributed by atoms with Gasteiger partial charge in [0.25, 0.3) is 5.91 Å². The van der Waals surface area contributed by atoms with Crippen molar-refractivity contribution in [1.82, 2.24) is 4.90 Å². The second-order valence-electron chi connectivity index (χ2n) is 7.69. The topological polar surface area (TPSA) is 110 Å². The third-order valence-corrected chi connectivity index (χ3v) is 5.48. The smallest absolute Gasteiger partial charge is 0.305 e. The molecule has 31 heavy (non-hydrogen) atoms. The molecule has 1 aromatic carbocycles. The Labute approximate surface area is 183 Å². The number of fused-ring (bicyclic) bond motifs is 1. The normalized spacial score (nSPS) is 13.4. The minimum Gasteiger partial charge on any atom is -0.469 e. The van der Waals surface area contributed by atoms with Crippen molar-refractivity contribution in [3.8, 4) is 11.8 Å². The summed E-state index contributed by atoms with van der Waals surface area (Å²) in [5.41, 5.74) is 7.63. The number of aliphatic hydroxyl groups excluding tert-OH is 1. The minimum atomic E-state index is -0.870. The number of esters is 1. The van der Waals surface area contributed by atoms with Crippen molar-refractivity contribution >= 4 is 17.8 Å². The number of hydrogen-bond acceptors (Lipinski definition) is 5. The number of amides is 2. The predicted octanol–water partition coefficient (Wildman–Crippen LogP) is 2.52. The monoisotopic (exact) mass is 428 g/mol. The molecular weight excluding hydrogens is 396 g/mol. The van der Waals surface area contributed by atoms with E-state index < -0.39 is 17.9 Å². The summed E-state index contributed by atoms with van der Waals surface area (Å²) < 4.78 is 4.62. The predicted molar refractivity (Wildman–Crippen MR) is 117 cm³/mol. The van der Waals surface area contributed by atoms with Crippen LogP contribution in [0.1, 0.15) is 79.3 Å². The summed E-state index contributed by atoms with van der Waals surface area (Å²) in [6.45, 7) is 0.511. The fourth-order valence-corrected chi connectivity index (χ4v) is 3.72. The van der Waals surface area contributed by atoms with Crippen LogP contribution in [0.15, 0.2) is 18.2 Å². The number of nitrogens with zero attached hydrogens (tertiary/aromatic N) is 1. The molecule has 7 heteroatoms. The lowest BCUT2D eigenvalue weighted by atomic mass is 10.0. The number of rotatable bonds is 12. The number of nitrogens with two attached hydrogens (primary N) is 1. The Morgan fingerprint density at radius 2 is 1.90 bits per heavy atom. The number of benzene rings is 1. The average Bonchev–Trinajstić information content (AvgIpc) is 3.09. The van der Waals surface area contributed by atoms with E-state index in [2.05, 4.69) is 16.6 Å². The second-order valence-corrected chi connectivity index (χ2v) is 7.69. The minimum absolute atomic E-state index is 0.0108. The van der Waals surface area contributed by atoms with Crippen molar-refractivity contribution in [2.24, 2.45) is 5.73 Å². The molecule has 1 aliphatic rings. The van der Waals surface area contributed by atoms with Crippen LogP contribution >= 0.6 is 0 Å². The third-order valence-electron chi connectivity index (χ3n) is 5.48. The van der Waals surface area contributed by atoms with E-state index in [1.807, 2.05) is 6.07 Å². The number of primary amides is 1. The van der Waals surface area contributed by atoms with Crippen LogP contribution in [0.25, 0.3) is 0 Å². The van der Waals surface area contributed by atoms with Crippen LogP contribution in [0, 0.1) is 11.8 Å². The van der Waals surface area contributed by atoms with Gasteiger partial charge in [-0.15, -0.1) is 0 Å². The van der Waals surface area contributed by atoms with Crippen molar-refractivity contribution in [2.45, 2.75) is 70.4 Å². The van der Waals surface area contributed by atoms with Crippen molar-refractivity contribution in [3.63, 3.8) is 0 Å². The van der Waals surface area contributed by atoms with Crippen molar-refractivity contribution in [3.05, 3.63) is 34.9 Å². The zero-order valence-electron chi connectivity index (χ0n) is 18.2. The summed E-state index contributed by atoms with van der Waals surface area (Å²) in [5.74, 6) is 5.00. The van der Waals surface area contributed by atoms with Gasteiger partial charge in [-0.05, 0) is 37.0 Å². The summed E-state index contributed by atoms with van der Waals surface area (Å²) in [5, 5.41) is 8.78. The van der Waals surface area contributed by atoms with Crippen LogP contribution in [-0.4, -0.2) is 47.5 Å². The molecule has 7 nitrogen and oxygen atoms in total. The molecule has 1 aromatic rings. The van der Waals surface area contributed by atoms with Crippen LogP contribution in [0.4, 0.5) is 0 Å². The maximum atomic E-state index is 12.9. The molecule has 168 valence electrons. The van der Waals surface area contributed by atoms with Crippen molar-refractivity contribution in [2.75, 3.05) is 13.7 Å². The van der Waals surface area contributed by atoms with Crippen LogP contribution in [0.2, 0.25) is 0 Å². The number of aliphatic hydroxyl groups is 1. The number of carbonyl (C=O) groups is 3. The maximum Gasteiger partial charge on any atom is 0.305 e. The average molecular weight is 429 g/mol. The Bertz CT molecular complexity index is 840. The lowest BCUT2D eigenvalue weighted by molar-refractivity contribution is -0.141.